The molecule has 8 heteroatoms. The lowest BCUT2D eigenvalue weighted by Crippen LogP contribution is -2.40. The van der Waals surface area contributed by atoms with E-state index in [-0.39, 0.29) is 12.8 Å². The molecule has 1 amide bonds. The van der Waals surface area contributed by atoms with Gasteiger partial charge < -0.3 is 15.5 Å². The summed E-state index contributed by atoms with van der Waals surface area (Å²) in [5.74, 6) is -2.99. The maximum atomic E-state index is 11.5. The van der Waals surface area contributed by atoms with Crippen LogP contribution in [-0.4, -0.2) is 34.1 Å². The fourth-order valence-electron chi connectivity index (χ4n) is 1.32. The third-order valence-corrected chi connectivity index (χ3v) is 3.45. The molecule has 0 bridgehead atoms. The third kappa shape index (κ3) is 5.85. The lowest BCUT2D eigenvalue weighted by atomic mass is 10.1. The van der Waals surface area contributed by atoms with E-state index >= 15 is 0 Å². The van der Waals surface area contributed by atoms with Crippen molar-refractivity contribution in [2.75, 3.05) is 0 Å². The summed E-state index contributed by atoms with van der Waals surface area (Å²) >= 11 is 7.00. The van der Waals surface area contributed by atoms with E-state index < -0.39 is 23.9 Å². The molecule has 20 heavy (non-hydrogen) atoms. The van der Waals surface area contributed by atoms with Crippen LogP contribution in [0.3, 0.4) is 0 Å². The summed E-state index contributed by atoms with van der Waals surface area (Å²) in [6.45, 7) is 0. The van der Waals surface area contributed by atoms with Gasteiger partial charge in [-0.25, -0.2) is 4.79 Å². The molecule has 1 rings (SSSR count). The average Bonchev–Trinajstić information content (AvgIpc) is 2.77. The molecule has 0 saturated heterocycles. The number of carbonyl (C=O) groups excluding carboxylic acids is 1. The second-order valence-electron chi connectivity index (χ2n) is 3.81. The van der Waals surface area contributed by atoms with Gasteiger partial charge >= 0.3 is 11.9 Å². The number of nitrogens with one attached hydrogen (secondary N) is 1. The molecule has 1 unspecified atom stereocenters. The molecule has 0 aliphatic carbocycles. The molecule has 1 atom stereocenters. The minimum atomic E-state index is -1.27. The Bertz CT molecular complexity index is 540. The number of amides is 1. The molecule has 0 fully saturated rings. The van der Waals surface area contributed by atoms with Crippen LogP contribution in [0.5, 0.6) is 0 Å². The fourth-order valence-corrected chi connectivity index (χ4v) is 2.28. The Balaban J connectivity index is 2.55. The predicted octanol–water partition coefficient (Wildman–Crippen LogP) is 1.85. The number of hydrogen-bond acceptors (Lipinski definition) is 4. The van der Waals surface area contributed by atoms with Gasteiger partial charge in [-0.15, -0.1) is 11.3 Å². The monoisotopic (exact) mass is 317 g/mol. The second kappa shape index (κ2) is 7.66. The summed E-state index contributed by atoms with van der Waals surface area (Å²) in [6, 6.07) is 2.17. The highest BCUT2D eigenvalue weighted by molar-refractivity contribution is 7.17. The number of carboxylic acids is 2. The van der Waals surface area contributed by atoms with Crippen LogP contribution in [-0.2, 0) is 14.4 Å². The molecular formula is C12H12ClNO5S. The van der Waals surface area contributed by atoms with Gasteiger partial charge in [0.05, 0.1) is 4.34 Å². The maximum Gasteiger partial charge on any atom is 0.326 e. The highest BCUT2D eigenvalue weighted by Crippen LogP contribution is 2.22. The van der Waals surface area contributed by atoms with Gasteiger partial charge in [0, 0.05) is 17.4 Å². The highest BCUT2D eigenvalue weighted by Gasteiger charge is 2.19. The van der Waals surface area contributed by atoms with Gasteiger partial charge in [-0.1, -0.05) is 11.6 Å². The molecule has 1 aromatic rings. The first-order chi connectivity index (χ1) is 9.38. The number of rotatable bonds is 7. The molecular weight excluding hydrogens is 306 g/mol. The van der Waals surface area contributed by atoms with E-state index in [9.17, 15) is 14.4 Å². The van der Waals surface area contributed by atoms with Crippen molar-refractivity contribution in [3.05, 3.63) is 27.4 Å². The van der Waals surface area contributed by atoms with Gasteiger partial charge in [0.2, 0.25) is 5.91 Å². The topological polar surface area (TPSA) is 104 Å². The Kier molecular flexibility index (Phi) is 6.20. The van der Waals surface area contributed by atoms with Gasteiger partial charge in [-0.05, 0) is 24.6 Å². The molecule has 6 nitrogen and oxygen atoms in total. The first-order valence-electron chi connectivity index (χ1n) is 5.57. The van der Waals surface area contributed by atoms with E-state index in [4.69, 9.17) is 21.8 Å². The van der Waals surface area contributed by atoms with Crippen LogP contribution in [0, 0.1) is 0 Å². The zero-order valence-electron chi connectivity index (χ0n) is 10.2. The van der Waals surface area contributed by atoms with E-state index in [0.717, 1.165) is 4.88 Å². The summed E-state index contributed by atoms with van der Waals surface area (Å²) in [4.78, 5) is 33.6. The summed E-state index contributed by atoms with van der Waals surface area (Å²) < 4.78 is 0.579. The van der Waals surface area contributed by atoms with E-state index in [1.807, 2.05) is 0 Å². The normalized spacial score (nSPS) is 12.2. The number of aliphatic carboxylic acids is 2. The van der Waals surface area contributed by atoms with Crippen molar-refractivity contribution in [3.63, 3.8) is 0 Å². The summed E-state index contributed by atoms with van der Waals surface area (Å²) in [5, 5.41) is 19.6. The highest BCUT2D eigenvalue weighted by atomic mass is 35.5. The molecule has 0 radical (unpaired) electrons. The largest absolute Gasteiger partial charge is 0.481 e. The molecule has 0 saturated carbocycles. The molecule has 1 aromatic heterocycles. The van der Waals surface area contributed by atoms with Gasteiger partial charge in [-0.3, -0.25) is 9.59 Å². The molecule has 108 valence electrons. The molecule has 0 spiro atoms. The number of carboxylic acid groups (broad SMARTS) is 2. The van der Waals surface area contributed by atoms with Crippen molar-refractivity contribution in [2.24, 2.45) is 0 Å². The van der Waals surface area contributed by atoms with Crippen molar-refractivity contribution >= 4 is 46.9 Å². The Labute approximate surface area is 123 Å². The number of thiophene rings is 1. The lowest BCUT2D eigenvalue weighted by molar-refractivity contribution is -0.142. The van der Waals surface area contributed by atoms with Gasteiger partial charge in [-0.2, -0.15) is 0 Å². The van der Waals surface area contributed by atoms with Crippen molar-refractivity contribution in [3.8, 4) is 0 Å². The van der Waals surface area contributed by atoms with E-state index in [1.54, 1.807) is 12.1 Å². The first-order valence-corrected chi connectivity index (χ1v) is 6.76. The Morgan fingerprint density at radius 3 is 2.55 bits per heavy atom. The fraction of sp³-hybridized carbons (Fsp3) is 0.250. The number of hydrogen-bond donors (Lipinski definition) is 3. The van der Waals surface area contributed by atoms with Gasteiger partial charge in [0.15, 0.2) is 0 Å². The standard InChI is InChI=1S/C12H12ClNO5S/c13-9-4-1-7(20-9)2-5-10(15)14-8(12(18)19)3-6-11(16)17/h1-2,4-5,8H,3,6H2,(H,14,15)(H,16,17)(H,18,19)/b5-2+. The molecule has 0 aromatic carbocycles. The smallest absolute Gasteiger partial charge is 0.326 e. The maximum absolute atomic E-state index is 11.5. The van der Waals surface area contributed by atoms with Crippen molar-refractivity contribution < 1.29 is 24.6 Å². The van der Waals surface area contributed by atoms with Crippen LogP contribution in [0.15, 0.2) is 18.2 Å². The van der Waals surface area contributed by atoms with Crippen LogP contribution in [0.25, 0.3) is 6.08 Å². The SMILES string of the molecule is O=C(O)CCC(NC(=O)/C=C/c1ccc(Cl)s1)C(=O)O. The Morgan fingerprint density at radius 2 is 2.05 bits per heavy atom. The predicted molar refractivity (Wildman–Crippen MR) is 74.8 cm³/mol. The molecule has 0 aliphatic heterocycles. The summed E-state index contributed by atoms with van der Waals surface area (Å²) in [5.41, 5.74) is 0. The molecule has 1 heterocycles. The minimum Gasteiger partial charge on any atom is -0.481 e. The first kappa shape index (κ1) is 16.2. The van der Waals surface area contributed by atoms with Crippen molar-refractivity contribution in [2.45, 2.75) is 18.9 Å². The quantitative estimate of drug-likeness (QED) is 0.666. The lowest BCUT2D eigenvalue weighted by Gasteiger charge is -2.11. The van der Waals surface area contributed by atoms with Crippen LogP contribution >= 0.6 is 22.9 Å². The van der Waals surface area contributed by atoms with Crippen molar-refractivity contribution in [1.29, 1.82) is 0 Å². The van der Waals surface area contributed by atoms with E-state index in [2.05, 4.69) is 5.32 Å². The molecule has 3 N–H and O–H groups in total. The Morgan fingerprint density at radius 1 is 1.35 bits per heavy atom. The summed E-state index contributed by atoms with van der Waals surface area (Å²) in [7, 11) is 0. The number of halogens is 1. The zero-order chi connectivity index (χ0) is 15.1. The van der Waals surface area contributed by atoms with Crippen molar-refractivity contribution in [1.82, 2.24) is 5.32 Å². The second-order valence-corrected chi connectivity index (χ2v) is 5.55. The van der Waals surface area contributed by atoms with Gasteiger partial charge in [0.25, 0.3) is 0 Å². The summed E-state index contributed by atoms with van der Waals surface area (Å²) in [6.07, 6.45) is 2.18. The molecule has 0 aliphatic rings. The van der Waals surface area contributed by atoms with E-state index in [0.29, 0.717) is 4.34 Å². The van der Waals surface area contributed by atoms with Crippen LogP contribution in [0.1, 0.15) is 17.7 Å². The third-order valence-electron chi connectivity index (χ3n) is 2.25. The minimum absolute atomic E-state index is 0.172. The van der Waals surface area contributed by atoms with Gasteiger partial charge in [0.1, 0.15) is 6.04 Å². The van der Waals surface area contributed by atoms with Crippen LogP contribution < -0.4 is 5.32 Å². The average molecular weight is 318 g/mol. The van der Waals surface area contributed by atoms with E-state index in [1.165, 1.54) is 23.5 Å². The Hall–Kier alpha value is -1.86. The zero-order valence-corrected chi connectivity index (χ0v) is 11.8. The van der Waals surface area contributed by atoms with Crippen LogP contribution in [0.4, 0.5) is 0 Å². The van der Waals surface area contributed by atoms with Crippen LogP contribution in [0.2, 0.25) is 4.34 Å². The number of carbonyl (C=O) groups is 3.